The fourth-order valence-corrected chi connectivity index (χ4v) is 2.18. The summed E-state index contributed by atoms with van der Waals surface area (Å²) in [6.45, 7) is 0.0564. The van der Waals surface area contributed by atoms with E-state index in [2.05, 4.69) is 9.05 Å². The van der Waals surface area contributed by atoms with Gasteiger partial charge in [-0.1, -0.05) is 30.3 Å². The van der Waals surface area contributed by atoms with Gasteiger partial charge in [-0.2, -0.15) is 0 Å². The fourth-order valence-electron chi connectivity index (χ4n) is 1.24. The third-order valence-corrected chi connectivity index (χ3v) is 4.23. The Morgan fingerprint density at radius 3 is 2.33 bits per heavy atom. The Hall–Kier alpha value is -1.20. The Labute approximate surface area is 106 Å². The van der Waals surface area contributed by atoms with Crippen LogP contribution in [0.15, 0.2) is 30.3 Å². The van der Waals surface area contributed by atoms with Crippen LogP contribution in [0.5, 0.6) is 0 Å². The summed E-state index contributed by atoms with van der Waals surface area (Å²) in [6.07, 6.45) is 0. The summed E-state index contributed by atoms with van der Waals surface area (Å²) in [5.74, 6) is -2.28. The number of carbonyl (C=O) groups excluding carboxylic acids is 1. The van der Waals surface area contributed by atoms with Gasteiger partial charge in [0.2, 0.25) is 5.78 Å². The molecule has 1 atom stereocenters. The molecule has 0 radical (unpaired) electrons. The van der Waals surface area contributed by atoms with Gasteiger partial charge in [-0.3, -0.25) is 4.57 Å². The van der Waals surface area contributed by atoms with E-state index in [1.807, 2.05) is 18.2 Å². The zero-order valence-corrected chi connectivity index (χ0v) is 11.1. The van der Waals surface area contributed by atoms with Gasteiger partial charge in [-0.25, -0.2) is 4.79 Å². The molecular formula is C11H16NO5P. The van der Waals surface area contributed by atoms with Crippen molar-refractivity contribution in [2.24, 2.45) is 5.73 Å². The number of benzene rings is 1. The molecule has 0 heterocycles. The Morgan fingerprint density at radius 1 is 1.28 bits per heavy atom. The quantitative estimate of drug-likeness (QED) is 0.624. The first-order valence-corrected chi connectivity index (χ1v) is 6.82. The largest absolute Gasteiger partial charge is 0.459 e. The third-order valence-electron chi connectivity index (χ3n) is 2.32. The predicted octanol–water partition coefficient (Wildman–Crippen LogP) is 1.50. The normalized spacial score (nSPS) is 13.1. The molecule has 0 saturated heterocycles. The maximum absolute atomic E-state index is 11.8. The van der Waals surface area contributed by atoms with Gasteiger partial charge in [0, 0.05) is 14.2 Å². The molecule has 1 unspecified atom stereocenters. The smallest absolute Gasteiger partial charge is 0.358 e. The van der Waals surface area contributed by atoms with Gasteiger partial charge in [0.15, 0.2) is 0 Å². The van der Waals surface area contributed by atoms with Crippen molar-refractivity contribution in [1.82, 2.24) is 0 Å². The standard InChI is InChI=1S/C11H16NO5P/c1-15-18(14,16-2)10(12)11(13)17-8-9-6-4-3-5-7-9/h3-7,10H,8,12H2,1-2H3. The van der Waals surface area contributed by atoms with Crippen molar-refractivity contribution in [3.05, 3.63) is 35.9 Å². The molecule has 0 fully saturated rings. The second-order valence-corrected chi connectivity index (χ2v) is 5.81. The summed E-state index contributed by atoms with van der Waals surface area (Å²) in [5.41, 5.74) is 6.30. The van der Waals surface area contributed by atoms with Crippen molar-refractivity contribution in [1.29, 1.82) is 0 Å². The molecule has 0 aliphatic carbocycles. The molecule has 18 heavy (non-hydrogen) atoms. The van der Waals surface area contributed by atoms with Crippen molar-refractivity contribution in [2.75, 3.05) is 14.2 Å². The van der Waals surface area contributed by atoms with Gasteiger partial charge < -0.3 is 19.5 Å². The minimum atomic E-state index is -3.65. The average Bonchev–Trinajstić information content (AvgIpc) is 2.44. The van der Waals surface area contributed by atoms with Gasteiger partial charge in [0.05, 0.1) is 0 Å². The average molecular weight is 273 g/mol. The number of nitrogens with two attached hydrogens (primary N) is 1. The van der Waals surface area contributed by atoms with E-state index in [1.54, 1.807) is 12.1 Å². The predicted molar refractivity (Wildman–Crippen MR) is 65.8 cm³/mol. The lowest BCUT2D eigenvalue weighted by Crippen LogP contribution is -2.33. The summed E-state index contributed by atoms with van der Waals surface area (Å²) in [5, 5.41) is 0. The van der Waals surface area contributed by atoms with E-state index in [1.165, 1.54) is 0 Å². The van der Waals surface area contributed by atoms with Crippen LogP contribution in [-0.4, -0.2) is 26.0 Å². The van der Waals surface area contributed by atoms with Gasteiger partial charge in [0.25, 0.3) is 0 Å². The summed E-state index contributed by atoms with van der Waals surface area (Å²) in [6, 6.07) is 9.08. The number of rotatable bonds is 6. The van der Waals surface area contributed by atoms with E-state index in [-0.39, 0.29) is 6.61 Å². The lowest BCUT2D eigenvalue weighted by atomic mass is 10.2. The number of hydrogen-bond acceptors (Lipinski definition) is 6. The summed E-state index contributed by atoms with van der Waals surface area (Å²) >= 11 is 0. The van der Waals surface area contributed by atoms with Crippen molar-refractivity contribution >= 4 is 13.6 Å². The lowest BCUT2D eigenvalue weighted by Gasteiger charge is -2.19. The highest BCUT2D eigenvalue weighted by atomic mass is 31.2. The van der Waals surface area contributed by atoms with Crippen molar-refractivity contribution in [3.63, 3.8) is 0 Å². The molecule has 2 N–H and O–H groups in total. The number of carbonyl (C=O) groups is 1. The molecular weight excluding hydrogens is 257 g/mol. The van der Waals surface area contributed by atoms with Crippen LogP contribution in [0.3, 0.4) is 0 Å². The lowest BCUT2D eigenvalue weighted by molar-refractivity contribution is -0.144. The number of esters is 1. The molecule has 6 nitrogen and oxygen atoms in total. The summed E-state index contributed by atoms with van der Waals surface area (Å²) in [4.78, 5) is 11.6. The highest BCUT2D eigenvalue weighted by molar-refractivity contribution is 7.55. The minimum Gasteiger partial charge on any atom is -0.459 e. The molecule has 0 aromatic heterocycles. The highest BCUT2D eigenvalue weighted by Gasteiger charge is 2.38. The maximum Gasteiger partial charge on any atom is 0.358 e. The molecule has 0 saturated carbocycles. The fraction of sp³-hybridized carbons (Fsp3) is 0.364. The zero-order valence-electron chi connectivity index (χ0n) is 10.2. The molecule has 0 bridgehead atoms. The molecule has 1 rings (SSSR count). The van der Waals surface area contributed by atoms with Crippen LogP contribution >= 0.6 is 7.60 Å². The second-order valence-electron chi connectivity index (χ2n) is 3.44. The highest BCUT2D eigenvalue weighted by Crippen LogP contribution is 2.49. The van der Waals surface area contributed by atoms with Crippen LogP contribution < -0.4 is 5.73 Å². The van der Waals surface area contributed by atoms with E-state index in [4.69, 9.17) is 10.5 Å². The Bertz CT molecular complexity index is 428. The molecule has 1 aromatic carbocycles. The third kappa shape index (κ3) is 3.65. The van der Waals surface area contributed by atoms with Crippen molar-refractivity contribution in [2.45, 2.75) is 12.4 Å². The Kier molecular flexibility index (Phi) is 5.50. The van der Waals surface area contributed by atoms with E-state index >= 15 is 0 Å². The number of ether oxygens (including phenoxy) is 1. The molecule has 7 heteroatoms. The first-order chi connectivity index (χ1) is 8.53. The van der Waals surface area contributed by atoms with Gasteiger partial charge in [-0.05, 0) is 5.56 Å². The topological polar surface area (TPSA) is 87.9 Å². The van der Waals surface area contributed by atoms with Crippen molar-refractivity contribution in [3.8, 4) is 0 Å². The van der Waals surface area contributed by atoms with Crippen LogP contribution in [0.1, 0.15) is 5.56 Å². The molecule has 0 spiro atoms. The van der Waals surface area contributed by atoms with Gasteiger partial charge >= 0.3 is 13.6 Å². The second kappa shape index (κ2) is 6.66. The summed E-state index contributed by atoms with van der Waals surface area (Å²) in [7, 11) is -1.32. The molecule has 0 aliphatic heterocycles. The molecule has 0 amide bonds. The zero-order chi connectivity index (χ0) is 13.6. The molecule has 100 valence electrons. The van der Waals surface area contributed by atoms with Crippen LogP contribution in [0.2, 0.25) is 0 Å². The SMILES string of the molecule is COP(=O)(OC)C(N)C(=O)OCc1ccccc1. The minimum absolute atomic E-state index is 0.0564. The maximum atomic E-state index is 11.8. The monoisotopic (exact) mass is 273 g/mol. The van der Waals surface area contributed by atoms with Crippen LogP contribution in [0, 0.1) is 0 Å². The molecule has 1 aromatic rings. The number of hydrogen-bond donors (Lipinski definition) is 1. The van der Waals surface area contributed by atoms with Crippen LogP contribution in [-0.2, 0) is 29.8 Å². The summed E-state index contributed by atoms with van der Waals surface area (Å²) < 4.78 is 26.0. The molecule has 0 aliphatic rings. The van der Waals surface area contributed by atoms with E-state index < -0.39 is 19.3 Å². The van der Waals surface area contributed by atoms with Gasteiger partial charge in [-0.15, -0.1) is 0 Å². The van der Waals surface area contributed by atoms with Gasteiger partial charge in [0.1, 0.15) is 6.61 Å². The first-order valence-electron chi connectivity index (χ1n) is 5.21. The van der Waals surface area contributed by atoms with Crippen LogP contribution in [0.4, 0.5) is 0 Å². The Morgan fingerprint density at radius 2 is 1.83 bits per heavy atom. The van der Waals surface area contributed by atoms with E-state index in [0.717, 1.165) is 19.8 Å². The van der Waals surface area contributed by atoms with Crippen LogP contribution in [0.25, 0.3) is 0 Å². The van der Waals surface area contributed by atoms with E-state index in [0.29, 0.717) is 0 Å². The Balaban J connectivity index is 2.58. The first kappa shape index (κ1) is 14.9. The van der Waals surface area contributed by atoms with E-state index in [9.17, 15) is 9.36 Å². The van der Waals surface area contributed by atoms with Crippen molar-refractivity contribution < 1.29 is 23.1 Å².